The Labute approximate surface area is 121 Å². The number of carbonyl (C=O) groups excluding carboxylic acids is 2. The summed E-state index contributed by atoms with van der Waals surface area (Å²) in [4.78, 5) is 25.1. The van der Waals surface area contributed by atoms with Gasteiger partial charge >= 0.3 is 5.97 Å². The molecule has 0 fully saturated rings. The largest absolute Gasteiger partial charge is 0.468 e. The molecule has 20 heavy (non-hydrogen) atoms. The molecule has 1 atom stereocenters. The van der Waals surface area contributed by atoms with Crippen LogP contribution in [0.1, 0.15) is 20.8 Å². The average Bonchev–Trinajstić information content (AvgIpc) is 2.86. The van der Waals surface area contributed by atoms with E-state index in [0.717, 1.165) is 0 Å². The van der Waals surface area contributed by atoms with Gasteiger partial charge in [0.05, 0.1) is 12.4 Å². The van der Waals surface area contributed by atoms with E-state index in [1.54, 1.807) is 11.8 Å². The first-order valence-electron chi connectivity index (χ1n) is 6.31. The minimum absolute atomic E-state index is 0.0209. The van der Waals surface area contributed by atoms with Crippen LogP contribution in [0.2, 0.25) is 0 Å². The Kier molecular flexibility index (Phi) is 6.43. The van der Waals surface area contributed by atoms with Gasteiger partial charge in [0.25, 0.3) is 0 Å². The Bertz CT molecular complexity index is 461. The minimum Gasteiger partial charge on any atom is -0.468 e. The van der Waals surface area contributed by atoms with Crippen LogP contribution in [0.3, 0.4) is 0 Å². The number of thioether (sulfide) groups is 1. The molecule has 1 heterocycles. The molecule has 0 saturated heterocycles. The SMILES string of the molecule is CCN(CC)C(=O)C(C)Sc1nnnn1CC(=O)OC. The summed E-state index contributed by atoms with van der Waals surface area (Å²) in [5, 5.41) is 11.1. The lowest BCUT2D eigenvalue weighted by Crippen LogP contribution is -2.36. The number of esters is 1. The third-order valence-corrected chi connectivity index (χ3v) is 3.77. The van der Waals surface area contributed by atoms with Gasteiger partial charge in [0, 0.05) is 13.1 Å². The van der Waals surface area contributed by atoms with E-state index < -0.39 is 5.97 Å². The molecule has 0 aliphatic heterocycles. The molecule has 0 radical (unpaired) electrons. The summed E-state index contributed by atoms with van der Waals surface area (Å²) in [5.41, 5.74) is 0. The van der Waals surface area contributed by atoms with Crippen molar-refractivity contribution in [3.8, 4) is 0 Å². The number of nitrogens with zero attached hydrogens (tertiary/aromatic N) is 5. The van der Waals surface area contributed by atoms with Crippen molar-refractivity contribution in [1.82, 2.24) is 25.1 Å². The van der Waals surface area contributed by atoms with Crippen LogP contribution < -0.4 is 0 Å². The molecule has 0 saturated carbocycles. The zero-order valence-corrected chi connectivity index (χ0v) is 12.9. The van der Waals surface area contributed by atoms with Crippen LogP contribution in [0, 0.1) is 0 Å². The van der Waals surface area contributed by atoms with Gasteiger partial charge in [-0.2, -0.15) is 0 Å². The fraction of sp³-hybridized carbons (Fsp3) is 0.727. The Morgan fingerprint density at radius 3 is 2.60 bits per heavy atom. The van der Waals surface area contributed by atoms with E-state index in [4.69, 9.17) is 0 Å². The van der Waals surface area contributed by atoms with Gasteiger partial charge < -0.3 is 9.64 Å². The van der Waals surface area contributed by atoms with Crippen LogP contribution in [0.15, 0.2) is 5.16 Å². The number of carbonyl (C=O) groups is 2. The predicted octanol–water partition coefficient (Wildman–Crippen LogP) is 0.195. The molecule has 0 N–H and O–H groups in total. The topological polar surface area (TPSA) is 90.2 Å². The standard InChI is InChI=1S/C11H19N5O3S/c1-5-15(6-2)10(18)8(3)20-11-12-13-14-16(11)7-9(17)19-4/h8H,5-7H2,1-4H3. The van der Waals surface area contributed by atoms with Crippen LogP contribution in [0.4, 0.5) is 0 Å². The van der Waals surface area contributed by atoms with Crippen molar-refractivity contribution < 1.29 is 14.3 Å². The van der Waals surface area contributed by atoms with Gasteiger partial charge in [-0.1, -0.05) is 11.8 Å². The lowest BCUT2D eigenvalue weighted by Gasteiger charge is -2.22. The van der Waals surface area contributed by atoms with E-state index >= 15 is 0 Å². The van der Waals surface area contributed by atoms with Crippen LogP contribution >= 0.6 is 11.8 Å². The van der Waals surface area contributed by atoms with Gasteiger partial charge in [-0.25, -0.2) is 4.68 Å². The molecule has 0 aromatic carbocycles. The highest BCUT2D eigenvalue weighted by atomic mass is 32.2. The lowest BCUT2D eigenvalue weighted by molar-refractivity contribution is -0.141. The maximum Gasteiger partial charge on any atom is 0.327 e. The molecule has 1 amide bonds. The summed E-state index contributed by atoms with van der Waals surface area (Å²) in [6, 6.07) is 0. The fourth-order valence-corrected chi connectivity index (χ4v) is 2.44. The lowest BCUT2D eigenvalue weighted by atomic mass is 10.4. The van der Waals surface area contributed by atoms with Crippen LogP contribution in [0.25, 0.3) is 0 Å². The number of hydrogen-bond acceptors (Lipinski definition) is 7. The summed E-state index contributed by atoms with van der Waals surface area (Å²) in [6.45, 7) is 6.90. The van der Waals surface area contributed by atoms with Crippen LogP contribution in [-0.2, 0) is 20.9 Å². The molecule has 0 aliphatic rings. The monoisotopic (exact) mass is 301 g/mol. The van der Waals surface area contributed by atoms with Gasteiger partial charge in [-0.15, -0.1) is 5.10 Å². The van der Waals surface area contributed by atoms with Gasteiger partial charge in [-0.3, -0.25) is 9.59 Å². The fourth-order valence-electron chi connectivity index (χ4n) is 1.57. The Hall–Kier alpha value is -1.64. The first-order valence-corrected chi connectivity index (χ1v) is 7.19. The summed E-state index contributed by atoms with van der Waals surface area (Å²) in [7, 11) is 1.30. The second-order valence-corrected chi connectivity index (χ2v) is 5.27. The molecule has 8 nitrogen and oxygen atoms in total. The van der Waals surface area contributed by atoms with Crippen molar-refractivity contribution in [3.63, 3.8) is 0 Å². The molecule has 0 spiro atoms. The van der Waals surface area contributed by atoms with E-state index in [0.29, 0.717) is 18.2 Å². The summed E-state index contributed by atoms with van der Waals surface area (Å²) >= 11 is 1.22. The highest BCUT2D eigenvalue weighted by Gasteiger charge is 2.22. The van der Waals surface area contributed by atoms with Gasteiger partial charge in [-0.05, 0) is 31.2 Å². The Balaban J connectivity index is 2.71. The molecular weight excluding hydrogens is 282 g/mol. The quantitative estimate of drug-likeness (QED) is 0.524. The smallest absolute Gasteiger partial charge is 0.327 e. The van der Waals surface area contributed by atoms with E-state index in [2.05, 4.69) is 20.3 Å². The minimum atomic E-state index is -0.443. The average molecular weight is 301 g/mol. The number of methoxy groups -OCH3 is 1. The number of aromatic nitrogens is 4. The zero-order valence-electron chi connectivity index (χ0n) is 12.1. The normalized spacial score (nSPS) is 12.0. The Morgan fingerprint density at radius 2 is 2.05 bits per heavy atom. The second-order valence-electron chi connectivity index (χ2n) is 3.97. The first kappa shape index (κ1) is 16.4. The van der Waals surface area contributed by atoms with Crippen LogP contribution in [0.5, 0.6) is 0 Å². The Morgan fingerprint density at radius 1 is 1.40 bits per heavy atom. The number of rotatable bonds is 7. The van der Waals surface area contributed by atoms with Crippen molar-refractivity contribution in [2.75, 3.05) is 20.2 Å². The van der Waals surface area contributed by atoms with Gasteiger partial charge in [0.15, 0.2) is 0 Å². The predicted molar refractivity (Wildman–Crippen MR) is 73.1 cm³/mol. The van der Waals surface area contributed by atoms with Crippen molar-refractivity contribution >= 4 is 23.6 Å². The van der Waals surface area contributed by atoms with Gasteiger partial charge in [0.1, 0.15) is 6.54 Å². The van der Waals surface area contributed by atoms with Crippen molar-refractivity contribution in [2.45, 2.75) is 37.7 Å². The summed E-state index contributed by atoms with van der Waals surface area (Å²) in [5.74, 6) is -0.422. The summed E-state index contributed by atoms with van der Waals surface area (Å²) < 4.78 is 5.89. The third-order valence-electron chi connectivity index (χ3n) is 2.71. The third kappa shape index (κ3) is 4.19. The molecule has 1 unspecified atom stereocenters. The molecule has 112 valence electrons. The second kappa shape index (κ2) is 7.83. The maximum absolute atomic E-state index is 12.2. The number of ether oxygens (including phenoxy) is 1. The number of hydrogen-bond donors (Lipinski definition) is 0. The zero-order chi connectivity index (χ0) is 15.1. The molecule has 9 heteroatoms. The van der Waals surface area contributed by atoms with Crippen molar-refractivity contribution in [3.05, 3.63) is 0 Å². The maximum atomic E-state index is 12.2. The van der Waals surface area contributed by atoms with E-state index in [1.807, 2.05) is 13.8 Å². The number of tetrazole rings is 1. The molecular formula is C11H19N5O3S. The first-order chi connectivity index (χ1) is 9.53. The van der Waals surface area contributed by atoms with E-state index in [-0.39, 0.29) is 17.7 Å². The molecule has 1 aromatic rings. The van der Waals surface area contributed by atoms with Gasteiger partial charge in [0.2, 0.25) is 11.1 Å². The highest BCUT2D eigenvalue weighted by Crippen LogP contribution is 2.21. The molecule has 0 aliphatic carbocycles. The molecule has 1 rings (SSSR count). The summed E-state index contributed by atoms with van der Waals surface area (Å²) in [6.07, 6.45) is 0. The molecule has 1 aromatic heterocycles. The van der Waals surface area contributed by atoms with E-state index in [9.17, 15) is 9.59 Å². The van der Waals surface area contributed by atoms with Crippen LogP contribution in [-0.4, -0.2) is 62.4 Å². The molecule has 0 bridgehead atoms. The number of amides is 1. The highest BCUT2D eigenvalue weighted by molar-refractivity contribution is 8.00. The van der Waals surface area contributed by atoms with Crippen molar-refractivity contribution in [2.24, 2.45) is 0 Å². The van der Waals surface area contributed by atoms with E-state index in [1.165, 1.54) is 23.6 Å². The van der Waals surface area contributed by atoms with Crippen molar-refractivity contribution in [1.29, 1.82) is 0 Å².